The molecule has 1 heterocycles. The number of ether oxygens (including phenoxy) is 1. The van der Waals surface area contributed by atoms with Gasteiger partial charge in [-0.05, 0) is 18.9 Å². The Hall–Kier alpha value is -1.33. The highest BCUT2D eigenvalue weighted by molar-refractivity contribution is 6.33. The number of anilines is 1. The molecule has 1 fully saturated rings. The van der Waals surface area contributed by atoms with Gasteiger partial charge in [-0.3, -0.25) is 4.79 Å². The van der Waals surface area contributed by atoms with Crippen LogP contribution >= 0.6 is 11.6 Å². The van der Waals surface area contributed by atoms with Gasteiger partial charge in [0.15, 0.2) is 0 Å². The number of carbonyl (C=O) groups is 1. The van der Waals surface area contributed by atoms with E-state index in [-0.39, 0.29) is 23.9 Å². The highest BCUT2D eigenvalue weighted by atomic mass is 35.5. The normalized spacial score (nSPS) is 22.9. The third-order valence-electron chi connectivity index (χ3n) is 2.88. The van der Waals surface area contributed by atoms with Crippen LogP contribution in [0.25, 0.3) is 0 Å². The summed E-state index contributed by atoms with van der Waals surface area (Å²) < 4.78 is 5.14. The van der Waals surface area contributed by atoms with E-state index in [4.69, 9.17) is 22.1 Å². The van der Waals surface area contributed by atoms with Crippen molar-refractivity contribution in [3.8, 4) is 0 Å². The third kappa shape index (κ3) is 2.68. The Morgan fingerprint density at radius 2 is 2.35 bits per heavy atom. The Labute approximate surface area is 104 Å². The van der Waals surface area contributed by atoms with Crippen molar-refractivity contribution >= 4 is 23.3 Å². The quantitative estimate of drug-likeness (QED) is 0.852. The molecular weight excluding hydrogens is 242 g/mol. The van der Waals surface area contributed by atoms with Crippen LogP contribution in [-0.2, 0) is 4.74 Å². The first kappa shape index (κ1) is 12.1. The molecule has 1 aromatic rings. The molecule has 0 aromatic carbocycles. The number of nitrogen functional groups attached to an aromatic ring is 1. The summed E-state index contributed by atoms with van der Waals surface area (Å²) in [4.78, 5) is 15.7. The van der Waals surface area contributed by atoms with Crippen molar-refractivity contribution in [2.45, 2.75) is 25.0 Å². The predicted octanol–water partition coefficient (Wildman–Crippen LogP) is 1.22. The summed E-state index contributed by atoms with van der Waals surface area (Å²) >= 11 is 5.89. The highest BCUT2D eigenvalue weighted by Crippen LogP contribution is 2.24. The second kappa shape index (κ2) is 4.89. The van der Waals surface area contributed by atoms with Crippen molar-refractivity contribution in [1.29, 1.82) is 0 Å². The molecule has 3 N–H and O–H groups in total. The number of amides is 1. The van der Waals surface area contributed by atoms with Crippen LogP contribution in [0.15, 0.2) is 12.3 Å². The second-order valence-electron chi connectivity index (χ2n) is 4.09. The van der Waals surface area contributed by atoms with Gasteiger partial charge in [-0.15, -0.1) is 0 Å². The average molecular weight is 256 g/mol. The second-order valence-corrected chi connectivity index (χ2v) is 4.50. The molecule has 1 aliphatic carbocycles. The summed E-state index contributed by atoms with van der Waals surface area (Å²) in [5, 5.41) is 3.18. The van der Waals surface area contributed by atoms with Gasteiger partial charge in [0.2, 0.25) is 0 Å². The van der Waals surface area contributed by atoms with E-state index < -0.39 is 0 Å². The number of halogens is 1. The van der Waals surface area contributed by atoms with Crippen LogP contribution < -0.4 is 11.1 Å². The molecular formula is C11H14ClN3O2. The molecule has 1 saturated carbocycles. The summed E-state index contributed by atoms with van der Waals surface area (Å²) in [5.74, 6) is 0.0616. The van der Waals surface area contributed by atoms with E-state index in [0.717, 1.165) is 12.8 Å². The zero-order valence-corrected chi connectivity index (χ0v) is 10.2. The molecule has 1 aromatic heterocycles. The van der Waals surface area contributed by atoms with Crippen molar-refractivity contribution < 1.29 is 9.53 Å². The molecule has 1 aliphatic rings. The maximum Gasteiger partial charge on any atom is 0.253 e. The van der Waals surface area contributed by atoms with E-state index >= 15 is 0 Å². The summed E-state index contributed by atoms with van der Waals surface area (Å²) in [6.45, 7) is 0. The Balaban J connectivity index is 1.98. The van der Waals surface area contributed by atoms with Crippen molar-refractivity contribution in [3.05, 3.63) is 22.8 Å². The number of nitrogens with zero attached hydrogens (tertiary/aromatic N) is 1. The lowest BCUT2D eigenvalue weighted by Gasteiger charge is -2.34. The van der Waals surface area contributed by atoms with Gasteiger partial charge in [-0.2, -0.15) is 0 Å². The fourth-order valence-electron chi connectivity index (χ4n) is 1.77. The molecule has 92 valence electrons. The van der Waals surface area contributed by atoms with Crippen molar-refractivity contribution in [1.82, 2.24) is 10.3 Å². The van der Waals surface area contributed by atoms with Gasteiger partial charge in [0.05, 0.1) is 16.7 Å². The number of carbonyl (C=O) groups excluding carboxylic acids is 1. The number of hydrogen-bond donors (Lipinski definition) is 2. The van der Waals surface area contributed by atoms with Crippen LogP contribution in [0, 0.1) is 0 Å². The lowest BCUT2D eigenvalue weighted by Crippen LogP contribution is -2.47. The minimum Gasteiger partial charge on any atom is -0.384 e. The number of hydrogen-bond acceptors (Lipinski definition) is 4. The Kier molecular flexibility index (Phi) is 3.49. The van der Waals surface area contributed by atoms with E-state index in [1.807, 2.05) is 0 Å². The van der Waals surface area contributed by atoms with E-state index in [0.29, 0.717) is 10.6 Å². The van der Waals surface area contributed by atoms with Gasteiger partial charge in [-0.25, -0.2) is 4.98 Å². The first-order valence-electron chi connectivity index (χ1n) is 5.35. The standard InChI is InChI=1S/C11H14ClN3O2/c1-17-7-2-6(3-7)15-11(16)8-4-10(13)14-5-9(8)12/h4-7H,2-3H2,1H3,(H2,13,14)(H,15,16). The molecule has 5 nitrogen and oxygen atoms in total. The summed E-state index contributed by atoms with van der Waals surface area (Å²) in [6, 6.07) is 1.63. The molecule has 17 heavy (non-hydrogen) atoms. The van der Waals surface area contributed by atoms with E-state index in [2.05, 4.69) is 10.3 Å². The summed E-state index contributed by atoms with van der Waals surface area (Å²) in [6.07, 6.45) is 3.30. The lowest BCUT2D eigenvalue weighted by molar-refractivity contribution is 0.0176. The molecule has 0 atom stereocenters. The minimum absolute atomic E-state index is 0.151. The Bertz CT molecular complexity index is 433. The highest BCUT2D eigenvalue weighted by Gasteiger charge is 2.30. The predicted molar refractivity (Wildman–Crippen MR) is 64.9 cm³/mol. The molecule has 0 saturated heterocycles. The SMILES string of the molecule is COC1CC(NC(=O)c2cc(N)ncc2Cl)C1. The van der Waals surface area contributed by atoms with Crippen molar-refractivity contribution in [2.24, 2.45) is 0 Å². The number of rotatable bonds is 3. The number of pyridine rings is 1. The largest absolute Gasteiger partial charge is 0.384 e. The lowest BCUT2D eigenvalue weighted by atomic mass is 9.89. The molecule has 0 unspecified atom stereocenters. The third-order valence-corrected chi connectivity index (χ3v) is 3.19. The fraction of sp³-hybridized carbons (Fsp3) is 0.455. The van der Waals surface area contributed by atoms with Crippen LogP contribution in [0.2, 0.25) is 5.02 Å². The molecule has 0 spiro atoms. The number of nitrogens with two attached hydrogens (primary N) is 1. The first-order chi connectivity index (χ1) is 8.10. The maximum atomic E-state index is 11.9. The molecule has 1 amide bonds. The van der Waals surface area contributed by atoms with Crippen LogP contribution in [-0.4, -0.2) is 30.1 Å². The van der Waals surface area contributed by atoms with E-state index in [9.17, 15) is 4.79 Å². The monoisotopic (exact) mass is 255 g/mol. The fourth-order valence-corrected chi connectivity index (χ4v) is 1.96. The minimum atomic E-state index is -0.219. The maximum absolute atomic E-state index is 11.9. The van der Waals surface area contributed by atoms with Crippen LogP contribution in [0.3, 0.4) is 0 Å². The number of nitrogens with one attached hydrogen (secondary N) is 1. The summed E-state index contributed by atoms with van der Waals surface area (Å²) in [7, 11) is 1.67. The Morgan fingerprint density at radius 1 is 1.65 bits per heavy atom. The van der Waals surface area contributed by atoms with Crippen LogP contribution in [0.1, 0.15) is 23.2 Å². The van der Waals surface area contributed by atoms with E-state index in [1.165, 1.54) is 12.3 Å². The summed E-state index contributed by atoms with van der Waals surface area (Å²) in [5.41, 5.74) is 5.88. The molecule has 0 radical (unpaired) electrons. The number of methoxy groups -OCH3 is 1. The van der Waals surface area contributed by atoms with Crippen LogP contribution in [0.4, 0.5) is 5.82 Å². The van der Waals surface area contributed by atoms with Gasteiger partial charge in [0.25, 0.3) is 5.91 Å². The van der Waals surface area contributed by atoms with Crippen LogP contribution in [0.5, 0.6) is 0 Å². The van der Waals surface area contributed by atoms with Gasteiger partial charge in [0, 0.05) is 19.3 Å². The first-order valence-corrected chi connectivity index (χ1v) is 5.72. The van der Waals surface area contributed by atoms with Gasteiger partial charge in [0.1, 0.15) is 5.82 Å². The van der Waals surface area contributed by atoms with Gasteiger partial charge >= 0.3 is 0 Å². The van der Waals surface area contributed by atoms with Gasteiger partial charge < -0.3 is 15.8 Å². The number of aromatic nitrogens is 1. The molecule has 0 bridgehead atoms. The molecule has 0 aliphatic heterocycles. The zero-order valence-electron chi connectivity index (χ0n) is 9.44. The van der Waals surface area contributed by atoms with Crippen molar-refractivity contribution in [3.63, 3.8) is 0 Å². The zero-order chi connectivity index (χ0) is 12.4. The molecule has 6 heteroatoms. The van der Waals surface area contributed by atoms with E-state index in [1.54, 1.807) is 7.11 Å². The Morgan fingerprint density at radius 3 is 3.00 bits per heavy atom. The van der Waals surface area contributed by atoms with Gasteiger partial charge in [-0.1, -0.05) is 11.6 Å². The smallest absolute Gasteiger partial charge is 0.253 e. The average Bonchev–Trinajstić information content (AvgIpc) is 2.25. The topological polar surface area (TPSA) is 77.2 Å². The van der Waals surface area contributed by atoms with Crippen molar-refractivity contribution in [2.75, 3.05) is 12.8 Å². The molecule has 2 rings (SSSR count).